The van der Waals surface area contributed by atoms with E-state index in [2.05, 4.69) is 0 Å². The van der Waals surface area contributed by atoms with E-state index in [4.69, 9.17) is 0 Å². The third-order valence-corrected chi connectivity index (χ3v) is 7.79. The Morgan fingerprint density at radius 3 is 2.38 bits per heavy atom. The van der Waals surface area contributed by atoms with Gasteiger partial charge in [-0.15, -0.1) is 0 Å². The summed E-state index contributed by atoms with van der Waals surface area (Å²) in [4.78, 5) is 0.233. The molecule has 1 fully saturated rings. The second-order valence-corrected chi connectivity index (χ2v) is 9.63. The fourth-order valence-corrected chi connectivity index (χ4v) is 6.21. The van der Waals surface area contributed by atoms with Crippen molar-refractivity contribution in [1.29, 1.82) is 0 Å². The summed E-state index contributed by atoms with van der Waals surface area (Å²) < 4.78 is 50.0. The van der Waals surface area contributed by atoms with E-state index in [-0.39, 0.29) is 22.9 Å². The minimum absolute atomic E-state index is 0.0661. The Bertz CT molecular complexity index is 738. The number of hydrogen-bond acceptors (Lipinski definition) is 4. The van der Waals surface area contributed by atoms with Crippen molar-refractivity contribution < 1.29 is 16.8 Å². The lowest BCUT2D eigenvalue weighted by Gasteiger charge is -2.26. The minimum Gasteiger partial charge on any atom is -0.229 e. The molecule has 0 aromatic heterocycles. The minimum atomic E-state index is -3.66. The number of rotatable bonds is 4. The van der Waals surface area contributed by atoms with Gasteiger partial charge in [0.05, 0.1) is 16.4 Å². The van der Waals surface area contributed by atoms with Gasteiger partial charge in [0.15, 0.2) is 9.84 Å². The van der Waals surface area contributed by atoms with Gasteiger partial charge < -0.3 is 0 Å². The van der Waals surface area contributed by atoms with Gasteiger partial charge in [-0.05, 0) is 43.5 Å². The van der Waals surface area contributed by atoms with Gasteiger partial charge in [0.2, 0.25) is 10.0 Å². The Balaban J connectivity index is 2.38. The SMILES string of the molecule is CCN([C@H]1CCS(=O)(=O)C1)S(=O)(=O)c1ccc(C)c(C)c1. The van der Waals surface area contributed by atoms with Gasteiger partial charge in [0, 0.05) is 12.6 Å². The van der Waals surface area contributed by atoms with E-state index < -0.39 is 25.9 Å². The molecule has 1 aromatic rings. The summed E-state index contributed by atoms with van der Waals surface area (Å²) >= 11 is 0. The van der Waals surface area contributed by atoms with Gasteiger partial charge in [0.25, 0.3) is 0 Å². The number of nitrogens with zero attached hydrogens (tertiary/aromatic N) is 1. The first-order valence-electron chi connectivity index (χ1n) is 6.97. The molecule has 0 aliphatic carbocycles. The smallest absolute Gasteiger partial charge is 0.229 e. The summed E-state index contributed by atoms with van der Waals surface area (Å²) in [5.41, 5.74) is 1.94. The van der Waals surface area contributed by atoms with Crippen LogP contribution in [-0.4, -0.2) is 45.2 Å². The lowest BCUT2D eigenvalue weighted by atomic mass is 10.1. The normalized spacial score (nSPS) is 21.8. The zero-order chi connectivity index (χ0) is 15.8. The van der Waals surface area contributed by atoms with Gasteiger partial charge in [-0.25, -0.2) is 16.8 Å². The van der Waals surface area contributed by atoms with E-state index in [1.54, 1.807) is 25.1 Å². The first-order valence-corrected chi connectivity index (χ1v) is 10.2. The molecule has 1 atom stereocenters. The van der Waals surface area contributed by atoms with E-state index >= 15 is 0 Å². The highest BCUT2D eigenvalue weighted by molar-refractivity contribution is 7.92. The van der Waals surface area contributed by atoms with Crippen molar-refractivity contribution in [3.05, 3.63) is 29.3 Å². The van der Waals surface area contributed by atoms with Crippen LogP contribution in [0.3, 0.4) is 0 Å². The van der Waals surface area contributed by atoms with E-state index in [0.29, 0.717) is 6.42 Å². The molecule has 2 rings (SSSR count). The molecule has 0 saturated carbocycles. The van der Waals surface area contributed by atoms with E-state index in [0.717, 1.165) is 11.1 Å². The molecule has 1 heterocycles. The van der Waals surface area contributed by atoms with Crippen LogP contribution in [0.4, 0.5) is 0 Å². The van der Waals surface area contributed by atoms with Crippen molar-refractivity contribution in [3.8, 4) is 0 Å². The number of sulfone groups is 1. The van der Waals surface area contributed by atoms with Crippen LogP contribution < -0.4 is 0 Å². The van der Waals surface area contributed by atoms with Crippen LogP contribution in [0.25, 0.3) is 0 Å². The van der Waals surface area contributed by atoms with Crippen molar-refractivity contribution in [1.82, 2.24) is 4.31 Å². The Morgan fingerprint density at radius 1 is 1.24 bits per heavy atom. The first kappa shape index (κ1) is 16.5. The van der Waals surface area contributed by atoms with Gasteiger partial charge in [-0.1, -0.05) is 13.0 Å². The molecule has 5 nitrogen and oxygen atoms in total. The maximum absolute atomic E-state index is 12.8. The monoisotopic (exact) mass is 331 g/mol. The fourth-order valence-electron chi connectivity index (χ4n) is 2.64. The predicted molar refractivity (Wildman–Crippen MR) is 82.5 cm³/mol. The largest absolute Gasteiger partial charge is 0.243 e. The summed E-state index contributed by atoms with van der Waals surface area (Å²) in [6, 6.07) is 4.56. The topological polar surface area (TPSA) is 71.5 Å². The molecular weight excluding hydrogens is 310 g/mol. The predicted octanol–water partition coefficient (Wildman–Crippen LogP) is 1.50. The lowest BCUT2D eigenvalue weighted by Crippen LogP contribution is -2.40. The quantitative estimate of drug-likeness (QED) is 0.838. The Labute approximate surface area is 126 Å². The molecule has 0 unspecified atom stereocenters. The Hall–Kier alpha value is -0.920. The number of hydrogen-bond donors (Lipinski definition) is 0. The van der Waals surface area contributed by atoms with Crippen molar-refractivity contribution in [3.63, 3.8) is 0 Å². The molecule has 21 heavy (non-hydrogen) atoms. The number of benzene rings is 1. The highest BCUT2D eigenvalue weighted by Gasteiger charge is 2.37. The van der Waals surface area contributed by atoms with Gasteiger partial charge in [-0.2, -0.15) is 4.31 Å². The van der Waals surface area contributed by atoms with E-state index in [9.17, 15) is 16.8 Å². The maximum atomic E-state index is 12.8. The highest BCUT2D eigenvalue weighted by Crippen LogP contribution is 2.25. The van der Waals surface area contributed by atoms with Crippen molar-refractivity contribution in [2.45, 2.75) is 38.1 Å². The summed E-state index contributed by atoms with van der Waals surface area (Å²) in [6.45, 7) is 5.80. The molecule has 0 bridgehead atoms. The molecular formula is C14H21NO4S2. The van der Waals surface area contributed by atoms with Crippen LogP contribution in [0.1, 0.15) is 24.5 Å². The molecule has 0 N–H and O–H groups in total. The van der Waals surface area contributed by atoms with Crippen molar-refractivity contribution in [2.75, 3.05) is 18.1 Å². The van der Waals surface area contributed by atoms with Gasteiger partial charge >= 0.3 is 0 Å². The average molecular weight is 331 g/mol. The average Bonchev–Trinajstić information content (AvgIpc) is 2.73. The number of aryl methyl sites for hydroxylation is 2. The van der Waals surface area contributed by atoms with Gasteiger partial charge in [0.1, 0.15) is 0 Å². The molecule has 1 aliphatic heterocycles. The van der Waals surface area contributed by atoms with Crippen LogP contribution in [0, 0.1) is 13.8 Å². The third-order valence-electron chi connectivity index (χ3n) is 4.01. The molecule has 0 radical (unpaired) electrons. The summed E-state index contributed by atoms with van der Waals surface area (Å²) in [5, 5.41) is 0. The molecule has 7 heteroatoms. The summed E-state index contributed by atoms with van der Waals surface area (Å²) in [7, 11) is -6.77. The maximum Gasteiger partial charge on any atom is 0.243 e. The van der Waals surface area contributed by atoms with Crippen LogP contribution >= 0.6 is 0 Å². The van der Waals surface area contributed by atoms with E-state index in [1.807, 2.05) is 13.8 Å². The van der Waals surface area contributed by atoms with Crippen LogP contribution in [0.15, 0.2) is 23.1 Å². The zero-order valence-electron chi connectivity index (χ0n) is 12.5. The van der Waals surface area contributed by atoms with E-state index in [1.165, 1.54) is 4.31 Å². The standard InChI is InChI=1S/C14H21NO4S2/c1-4-15(13-7-8-20(16,17)10-13)21(18,19)14-6-5-11(2)12(3)9-14/h5-6,9,13H,4,7-8,10H2,1-3H3/t13-/m0/s1. The van der Waals surface area contributed by atoms with Crippen molar-refractivity contribution >= 4 is 19.9 Å². The summed E-state index contributed by atoms with van der Waals surface area (Å²) in [6.07, 6.45) is 0.375. The Morgan fingerprint density at radius 2 is 1.90 bits per heavy atom. The molecule has 1 aromatic carbocycles. The summed E-state index contributed by atoms with van der Waals surface area (Å²) in [5.74, 6) is -0.0124. The lowest BCUT2D eigenvalue weighted by molar-refractivity contribution is 0.354. The molecule has 1 saturated heterocycles. The Kier molecular flexibility index (Phi) is 4.46. The molecule has 1 aliphatic rings. The first-order chi connectivity index (χ1) is 9.67. The van der Waals surface area contributed by atoms with Crippen LogP contribution in [-0.2, 0) is 19.9 Å². The fraction of sp³-hybridized carbons (Fsp3) is 0.571. The third kappa shape index (κ3) is 3.30. The van der Waals surface area contributed by atoms with Crippen molar-refractivity contribution in [2.24, 2.45) is 0 Å². The second kappa shape index (κ2) is 5.70. The van der Waals surface area contributed by atoms with Crippen LogP contribution in [0.2, 0.25) is 0 Å². The zero-order valence-corrected chi connectivity index (χ0v) is 14.2. The molecule has 118 valence electrons. The van der Waals surface area contributed by atoms with Crippen LogP contribution in [0.5, 0.6) is 0 Å². The highest BCUT2D eigenvalue weighted by atomic mass is 32.2. The molecule has 0 spiro atoms. The number of sulfonamides is 1. The van der Waals surface area contributed by atoms with Gasteiger partial charge in [-0.3, -0.25) is 0 Å². The molecule has 0 amide bonds. The second-order valence-electron chi connectivity index (χ2n) is 5.51.